The summed E-state index contributed by atoms with van der Waals surface area (Å²) in [5.74, 6) is 2.60. The molecule has 3 aromatic heterocycles. The van der Waals surface area contributed by atoms with Gasteiger partial charge in [0.05, 0.1) is 18.0 Å². The summed E-state index contributed by atoms with van der Waals surface area (Å²) in [5, 5.41) is 4.85. The lowest BCUT2D eigenvalue weighted by molar-refractivity contribution is 0.0531. The number of esters is 1. The van der Waals surface area contributed by atoms with Crippen LogP contribution in [0.3, 0.4) is 0 Å². The highest BCUT2D eigenvalue weighted by Gasteiger charge is 2.29. The molecule has 1 atom stereocenters. The molecule has 1 aliphatic heterocycles. The minimum Gasteiger partial charge on any atom is -0.462 e. The van der Waals surface area contributed by atoms with E-state index < -0.39 is 0 Å². The van der Waals surface area contributed by atoms with Crippen LogP contribution < -0.4 is 4.90 Å². The molecule has 1 fully saturated rings. The zero-order chi connectivity index (χ0) is 21.4. The van der Waals surface area contributed by atoms with Crippen LogP contribution in [0.15, 0.2) is 4.52 Å². The molecular weight excluding hydrogens is 404 g/mol. The first-order chi connectivity index (χ1) is 14.4. The van der Waals surface area contributed by atoms with Crippen LogP contribution in [-0.4, -0.2) is 63.8 Å². The molecular formula is C20H26N6O3S. The van der Waals surface area contributed by atoms with Gasteiger partial charge in [0.25, 0.3) is 0 Å². The van der Waals surface area contributed by atoms with E-state index in [1.54, 1.807) is 0 Å². The first kappa shape index (κ1) is 20.7. The highest BCUT2D eigenvalue weighted by atomic mass is 32.1. The van der Waals surface area contributed by atoms with Crippen molar-refractivity contribution in [3.63, 3.8) is 0 Å². The number of hydrogen-bond acceptors (Lipinski definition) is 10. The van der Waals surface area contributed by atoms with E-state index in [-0.39, 0.29) is 12.0 Å². The summed E-state index contributed by atoms with van der Waals surface area (Å²) in [7, 11) is 0. The van der Waals surface area contributed by atoms with Crippen LogP contribution in [0.4, 0.5) is 5.82 Å². The van der Waals surface area contributed by atoms with E-state index >= 15 is 0 Å². The van der Waals surface area contributed by atoms with E-state index in [2.05, 4.69) is 31.8 Å². The molecule has 1 unspecified atom stereocenters. The number of fused-ring (bicyclic) bond motifs is 1. The van der Waals surface area contributed by atoms with Crippen molar-refractivity contribution in [3.05, 3.63) is 28.0 Å². The van der Waals surface area contributed by atoms with E-state index in [1.807, 2.05) is 27.7 Å². The average molecular weight is 431 g/mol. The number of rotatable bonds is 5. The van der Waals surface area contributed by atoms with Gasteiger partial charge in [-0.1, -0.05) is 5.16 Å². The van der Waals surface area contributed by atoms with Crippen molar-refractivity contribution in [2.24, 2.45) is 0 Å². The summed E-state index contributed by atoms with van der Waals surface area (Å²) < 4.78 is 10.6. The average Bonchev–Trinajstić information content (AvgIpc) is 3.30. The van der Waals surface area contributed by atoms with Gasteiger partial charge in [0, 0.05) is 26.2 Å². The van der Waals surface area contributed by atoms with Crippen molar-refractivity contribution in [1.29, 1.82) is 0 Å². The van der Waals surface area contributed by atoms with Crippen LogP contribution in [0.1, 0.15) is 52.7 Å². The second-order valence-electron chi connectivity index (χ2n) is 7.43. The summed E-state index contributed by atoms with van der Waals surface area (Å²) in [4.78, 5) is 32.1. The van der Waals surface area contributed by atoms with Crippen LogP contribution in [0.25, 0.3) is 10.2 Å². The lowest BCUT2D eigenvalue weighted by Crippen LogP contribution is -2.47. The maximum absolute atomic E-state index is 12.4. The molecule has 1 saturated heterocycles. The van der Waals surface area contributed by atoms with Crippen LogP contribution in [0, 0.1) is 20.8 Å². The van der Waals surface area contributed by atoms with Gasteiger partial charge in [-0.15, -0.1) is 11.3 Å². The maximum Gasteiger partial charge on any atom is 0.348 e. The Hall–Kier alpha value is -2.59. The predicted molar refractivity (Wildman–Crippen MR) is 114 cm³/mol. The third-order valence-electron chi connectivity index (χ3n) is 5.41. The molecule has 0 N–H and O–H groups in total. The Labute approximate surface area is 179 Å². The number of thiophene rings is 1. The molecule has 0 bridgehead atoms. The maximum atomic E-state index is 12.4. The van der Waals surface area contributed by atoms with Gasteiger partial charge >= 0.3 is 5.97 Å². The minimum absolute atomic E-state index is 0.0683. The molecule has 30 heavy (non-hydrogen) atoms. The Kier molecular flexibility index (Phi) is 5.70. The van der Waals surface area contributed by atoms with Crippen LogP contribution >= 0.6 is 11.3 Å². The molecule has 4 heterocycles. The van der Waals surface area contributed by atoms with Crippen molar-refractivity contribution in [2.75, 3.05) is 37.7 Å². The third-order valence-corrected chi connectivity index (χ3v) is 6.57. The molecule has 0 radical (unpaired) electrons. The van der Waals surface area contributed by atoms with Crippen molar-refractivity contribution in [1.82, 2.24) is 25.0 Å². The van der Waals surface area contributed by atoms with Crippen LogP contribution in [0.5, 0.6) is 0 Å². The summed E-state index contributed by atoms with van der Waals surface area (Å²) in [6.45, 7) is 13.2. The molecule has 1 aliphatic rings. The molecule has 3 aromatic rings. The molecule has 9 nitrogen and oxygen atoms in total. The van der Waals surface area contributed by atoms with Gasteiger partial charge in [0.15, 0.2) is 5.82 Å². The van der Waals surface area contributed by atoms with E-state index in [0.29, 0.717) is 29.0 Å². The molecule has 0 aliphatic carbocycles. The fourth-order valence-corrected chi connectivity index (χ4v) is 4.92. The van der Waals surface area contributed by atoms with Crippen molar-refractivity contribution in [3.8, 4) is 0 Å². The Balaban J connectivity index is 1.58. The van der Waals surface area contributed by atoms with E-state index in [4.69, 9.17) is 14.2 Å². The number of carbonyl (C=O) groups is 1. The number of hydrogen-bond donors (Lipinski definition) is 0. The highest BCUT2D eigenvalue weighted by molar-refractivity contribution is 7.20. The third kappa shape index (κ3) is 3.77. The SMILES string of the molecule is CCOC(=O)c1sc2nc(C)nc(N3CCN(C(C)c4nc(C)no4)CC3)c2c1C. The first-order valence-electron chi connectivity index (χ1n) is 10.1. The van der Waals surface area contributed by atoms with E-state index in [9.17, 15) is 4.79 Å². The molecule has 0 aromatic carbocycles. The molecule has 4 rings (SSSR count). The molecule has 0 spiro atoms. The number of aryl methyl sites for hydroxylation is 3. The van der Waals surface area contributed by atoms with Crippen LogP contribution in [-0.2, 0) is 4.74 Å². The second-order valence-corrected chi connectivity index (χ2v) is 8.43. The smallest absolute Gasteiger partial charge is 0.348 e. The van der Waals surface area contributed by atoms with Gasteiger partial charge in [-0.3, -0.25) is 4.90 Å². The molecule has 0 amide bonds. The fraction of sp³-hybridized carbons (Fsp3) is 0.550. The Morgan fingerprint density at radius 3 is 2.50 bits per heavy atom. The lowest BCUT2D eigenvalue weighted by atomic mass is 10.1. The Bertz CT molecular complexity index is 1070. The fourth-order valence-electron chi connectivity index (χ4n) is 3.80. The van der Waals surface area contributed by atoms with Gasteiger partial charge in [-0.25, -0.2) is 14.8 Å². The zero-order valence-corrected chi connectivity index (χ0v) is 18.7. The lowest BCUT2D eigenvalue weighted by Gasteiger charge is -2.37. The number of nitrogens with zero attached hydrogens (tertiary/aromatic N) is 6. The number of anilines is 1. The summed E-state index contributed by atoms with van der Waals surface area (Å²) in [6, 6.07) is 0.0683. The normalized spacial score (nSPS) is 16.2. The minimum atomic E-state index is -0.296. The quantitative estimate of drug-likeness (QED) is 0.566. The Morgan fingerprint density at radius 1 is 1.13 bits per heavy atom. The van der Waals surface area contributed by atoms with Gasteiger partial charge in [-0.05, 0) is 40.2 Å². The molecule has 10 heteroatoms. The number of ether oxygens (including phenoxy) is 1. The summed E-state index contributed by atoms with van der Waals surface area (Å²) in [6.07, 6.45) is 0. The topological polar surface area (TPSA) is 97.5 Å². The van der Waals surface area contributed by atoms with Gasteiger partial charge < -0.3 is 14.2 Å². The van der Waals surface area contributed by atoms with Gasteiger partial charge in [0.1, 0.15) is 21.3 Å². The van der Waals surface area contributed by atoms with E-state index in [1.165, 1.54) is 11.3 Å². The molecule has 160 valence electrons. The van der Waals surface area contributed by atoms with Gasteiger partial charge in [0.2, 0.25) is 5.89 Å². The molecule has 0 saturated carbocycles. The van der Waals surface area contributed by atoms with E-state index in [0.717, 1.165) is 47.8 Å². The Morgan fingerprint density at radius 2 is 1.87 bits per heavy atom. The van der Waals surface area contributed by atoms with Crippen LogP contribution in [0.2, 0.25) is 0 Å². The highest BCUT2D eigenvalue weighted by Crippen LogP contribution is 2.36. The largest absolute Gasteiger partial charge is 0.462 e. The van der Waals surface area contributed by atoms with Crippen molar-refractivity contribution < 1.29 is 14.1 Å². The second kappa shape index (κ2) is 8.27. The standard InChI is InChI=1S/C20H26N6O3S/c1-6-28-20(27)16-11(2)15-17(21-13(4)23-19(15)30-16)26-9-7-25(8-10-26)12(3)18-22-14(5)24-29-18/h12H,6-10H2,1-5H3. The number of carbonyl (C=O) groups excluding carboxylic acids is 1. The zero-order valence-electron chi connectivity index (χ0n) is 17.9. The van der Waals surface area contributed by atoms with Crippen molar-refractivity contribution in [2.45, 2.75) is 40.7 Å². The summed E-state index contributed by atoms with van der Waals surface area (Å²) >= 11 is 1.38. The van der Waals surface area contributed by atoms with Gasteiger partial charge in [-0.2, -0.15) is 4.98 Å². The first-order valence-corrected chi connectivity index (χ1v) is 10.9. The number of piperazine rings is 1. The van der Waals surface area contributed by atoms with Crippen molar-refractivity contribution >= 4 is 33.3 Å². The monoisotopic (exact) mass is 430 g/mol. The predicted octanol–water partition coefficient (Wildman–Crippen LogP) is 3.06. The summed E-state index contributed by atoms with van der Waals surface area (Å²) in [5.41, 5.74) is 0.889. The number of aromatic nitrogens is 4.